The van der Waals surface area contributed by atoms with Gasteiger partial charge in [0.15, 0.2) is 0 Å². The van der Waals surface area contributed by atoms with Gasteiger partial charge in [-0.05, 0) is 73.6 Å². The largest absolute Gasteiger partial charge is 0.489 e. The molecule has 1 heterocycles. The molecule has 0 aromatic heterocycles. The third kappa shape index (κ3) is 3.34. The Labute approximate surface area is 166 Å². The Balaban J connectivity index is 1.39. The van der Waals surface area contributed by atoms with Crippen molar-refractivity contribution < 1.29 is 19.0 Å². The van der Waals surface area contributed by atoms with E-state index in [-0.39, 0.29) is 29.4 Å². The van der Waals surface area contributed by atoms with Crippen LogP contribution in [-0.2, 0) is 10.2 Å². The molecular weight excluding hydrogens is 357 g/mol. The van der Waals surface area contributed by atoms with Gasteiger partial charge in [-0.1, -0.05) is 19.1 Å². The first-order valence-electron chi connectivity index (χ1n) is 10.5. The van der Waals surface area contributed by atoms with Crippen molar-refractivity contribution in [1.82, 2.24) is 4.90 Å². The lowest BCUT2D eigenvalue weighted by molar-refractivity contribution is -0.159. The lowest BCUT2D eigenvalue weighted by atomic mass is 9.51. The molecule has 1 aromatic rings. The van der Waals surface area contributed by atoms with Crippen LogP contribution in [0.3, 0.4) is 0 Å². The summed E-state index contributed by atoms with van der Waals surface area (Å²) in [5, 5.41) is 9.52. The molecule has 0 unspecified atom stereocenters. The second-order valence-corrected chi connectivity index (χ2v) is 8.86. The van der Waals surface area contributed by atoms with E-state index in [9.17, 15) is 14.3 Å². The first-order valence-corrected chi connectivity index (χ1v) is 10.5. The average molecular weight is 387 g/mol. The van der Waals surface area contributed by atoms with E-state index in [0.29, 0.717) is 31.4 Å². The van der Waals surface area contributed by atoms with Crippen molar-refractivity contribution in [2.75, 3.05) is 19.7 Å². The van der Waals surface area contributed by atoms with Crippen molar-refractivity contribution >= 4 is 5.91 Å². The molecule has 4 aliphatic rings. The van der Waals surface area contributed by atoms with Crippen molar-refractivity contribution in [1.29, 1.82) is 0 Å². The van der Waals surface area contributed by atoms with Crippen molar-refractivity contribution in [3.63, 3.8) is 0 Å². The number of amides is 1. The highest BCUT2D eigenvalue weighted by molar-refractivity contribution is 5.84. The Kier molecular flexibility index (Phi) is 5.21. The summed E-state index contributed by atoms with van der Waals surface area (Å²) in [5.74, 6) is 1.03. The van der Waals surface area contributed by atoms with Gasteiger partial charge < -0.3 is 14.7 Å². The number of likely N-dealkylation sites (tertiary alicyclic amines) is 1. The number of carbonyl (C=O) groups excluding carboxylic acids is 1. The van der Waals surface area contributed by atoms with E-state index in [1.54, 1.807) is 0 Å². The van der Waals surface area contributed by atoms with Crippen molar-refractivity contribution in [2.45, 2.75) is 63.4 Å². The summed E-state index contributed by atoms with van der Waals surface area (Å²) in [5.41, 5.74) is 1.96. The Morgan fingerprint density at radius 3 is 2.29 bits per heavy atom. The number of hydrogen-bond acceptors (Lipinski definition) is 3. The third-order valence-corrected chi connectivity index (χ3v) is 7.35. The summed E-state index contributed by atoms with van der Waals surface area (Å²) in [7, 11) is 0. The molecule has 0 spiro atoms. The third-order valence-electron chi connectivity index (χ3n) is 7.35. The minimum Gasteiger partial charge on any atom is -0.489 e. The van der Waals surface area contributed by atoms with Crippen LogP contribution in [0.5, 0.6) is 5.75 Å². The maximum atomic E-state index is 12.9. The van der Waals surface area contributed by atoms with E-state index in [0.717, 1.165) is 44.3 Å². The number of hydrogen-bond donors (Lipinski definition) is 1. The fourth-order valence-corrected chi connectivity index (χ4v) is 5.19. The topological polar surface area (TPSA) is 49.8 Å². The highest BCUT2D eigenvalue weighted by atomic mass is 19.1. The molecule has 3 saturated carbocycles. The normalized spacial score (nSPS) is 30.2. The van der Waals surface area contributed by atoms with Gasteiger partial charge in [0.05, 0.1) is 12.4 Å². The maximum absolute atomic E-state index is 12.9. The van der Waals surface area contributed by atoms with Crippen LogP contribution in [0.4, 0.5) is 4.39 Å². The van der Waals surface area contributed by atoms with Gasteiger partial charge in [0, 0.05) is 18.5 Å². The highest BCUT2D eigenvalue weighted by Crippen LogP contribution is 2.58. The summed E-state index contributed by atoms with van der Waals surface area (Å²) in [6.07, 6.45) is 6.90. The number of nitrogens with zero attached hydrogens (tertiary/aromatic N) is 1. The quantitative estimate of drug-likeness (QED) is 0.799. The molecule has 3 aliphatic carbocycles. The monoisotopic (exact) mass is 387 g/mol. The van der Waals surface area contributed by atoms with E-state index in [4.69, 9.17) is 4.74 Å². The van der Waals surface area contributed by atoms with Crippen molar-refractivity contribution in [2.24, 2.45) is 5.41 Å². The molecule has 0 radical (unpaired) electrons. The van der Waals surface area contributed by atoms with Gasteiger partial charge in [-0.25, -0.2) is 4.39 Å². The van der Waals surface area contributed by atoms with Gasteiger partial charge in [-0.3, -0.25) is 4.79 Å². The zero-order chi connectivity index (χ0) is 19.8. The first-order chi connectivity index (χ1) is 13.5. The molecule has 4 fully saturated rings. The second-order valence-electron chi connectivity index (χ2n) is 8.86. The molecule has 1 aliphatic heterocycles. The van der Waals surface area contributed by atoms with E-state index in [1.165, 1.54) is 5.56 Å². The molecule has 0 atom stereocenters. The molecule has 4 nitrogen and oxygen atoms in total. The molecule has 5 heteroatoms. The van der Waals surface area contributed by atoms with Crippen LogP contribution in [0.1, 0.15) is 57.4 Å². The van der Waals surface area contributed by atoms with Gasteiger partial charge in [0.25, 0.3) is 0 Å². The maximum Gasteiger partial charge on any atom is 0.228 e. The van der Waals surface area contributed by atoms with Gasteiger partial charge in [0.1, 0.15) is 12.4 Å². The number of aliphatic hydroxyl groups is 1. The molecule has 1 saturated heterocycles. The van der Waals surface area contributed by atoms with Crippen LogP contribution in [0.25, 0.3) is 0 Å². The first kappa shape index (κ1) is 19.4. The summed E-state index contributed by atoms with van der Waals surface area (Å²) < 4.78 is 18.4. The lowest BCUT2D eigenvalue weighted by Gasteiger charge is -2.55. The van der Waals surface area contributed by atoms with Gasteiger partial charge in [-0.15, -0.1) is 0 Å². The van der Waals surface area contributed by atoms with Crippen LogP contribution >= 0.6 is 0 Å². The fraction of sp³-hybridized carbons (Fsp3) is 0.609. The zero-order valence-corrected chi connectivity index (χ0v) is 16.6. The molecule has 1 N–H and O–H groups in total. The SMILES string of the molecule is CC/C(=C\F)COc1ccc(C23CCC(C(=O)N4CC(O)C4)(CC2)CC3)cc1. The van der Waals surface area contributed by atoms with Crippen LogP contribution in [0.2, 0.25) is 0 Å². The highest BCUT2D eigenvalue weighted by Gasteiger charge is 2.54. The molecule has 1 amide bonds. The predicted octanol–water partition coefficient (Wildman–Crippen LogP) is 4.12. The Hall–Kier alpha value is -1.88. The number of ether oxygens (including phenoxy) is 1. The summed E-state index contributed by atoms with van der Waals surface area (Å²) in [4.78, 5) is 14.8. The number of aliphatic hydroxyl groups excluding tert-OH is 1. The fourth-order valence-electron chi connectivity index (χ4n) is 5.19. The summed E-state index contributed by atoms with van der Waals surface area (Å²) in [6, 6.07) is 8.26. The number of rotatable bonds is 6. The standard InChI is InChI=1S/C23H30FNO3/c1-2-17(13-24)16-28-20-5-3-18(4-6-20)22-7-10-23(11-8-22,12-9-22)21(27)25-14-19(26)15-25/h3-6,13,19,26H,2,7-12,14-16H2,1H3/b17-13+. The molecule has 28 heavy (non-hydrogen) atoms. The average Bonchev–Trinajstić information content (AvgIpc) is 2.73. The van der Waals surface area contributed by atoms with Crippen LogP contribution in [0.15, 0.2) is 36.2 Å². The van der Waals surface area contributed by atoms with Crippen LogP contribution in [0, 0.1) is 5.41 Å². The van der Waals surface area contributed by atoms with Crippen LogP contribution < -0.4 is 4.74 Å². The zero-order valence-electron chi connectivity index (χ0n) is 16.6. The number of carbonyl (C=O) groups is 1. The van der Waals surface area contributed by atoms with Crippen molar-refractivity contribution in [3.8, 4) is 5.75 Å². The summed E-state index contributed by atoms with van der Waals surface area (Å²) in [6.45, 7) is 3.21. The Morgan fingerprint density at radius 2 is 1.79 bits per heavy atom. The predicted molar refractivity (Wildman–Crippen MR) is 106 cm³/mol. The number of halogens is 1. The minimum atomic E-state index is -0.332. The van der Waals surface area contributed by atoms with E-state index >= 15 is 0 Å². The summed E-state index contributed by atoms with van der Waals surface area (Å²) >= 11 is 0. The van der Waals surface area contributed by atoms with Gasteiger partial charge in [-0.2, -0.15) is 0 Å². The molecule has 152 valence electrons. The smallest absolute Gasteiger partial charge is 0.228 e. The van der Waals surface area contributed by atoms with Crippen molar-refractivity contribution in [3.05, 3.63) is 41.7 Å². The number of benzene rings is 1. The minimum absolute atomic E-state index is 0.169. The van der Waals surface area contributed by atoms with Crippen LogP contribution in [-0.4, -0.2) is 41.7 Å². The Bertz CT molecular complexity index is 727. The number of fused-ring (bicyclic) bond motifs is 3. The molecular formula is C23H30FNO3. The second kappa shape index (κ2) is 7.51. The Morgan fingerprint density at radius 1 is 1.18 bits per heavy atom. The molecule has 5 rings (SSSR count). The van der Waals surface area contributed by atoms with E-state index in [2.05, 4.69) is 12.1 Å². The van der Waals surface area contributed by atoms with E-state index < -0.39 is 0 Å². The number of β-amino-alcohol motifs (C(OH)–C–C–N with tert-alkyl or cyclic N) is 1. The molecule has 2 bridgehead atoms. The van der Waals surface area contributed by atoms with Gasteiger partial charge >= 0.3 is 0 Å². The van der Waals surface area contributed by atoms with Gasteiger partial charge in [0.2, 0.25) is 5.91 Å². The molecule has 1 aromatic carbocycles. The van der Waals surface area contributed by atoms with E-state index in [1.807, 2.05) is 24.0 Å². The lowest BCUT2D eigenvalue weighted by Crippen LogP contribution is -2.60.